The molecule has 47 heavy (non-hydrogen) atoms. The fourth-order valence-electron chi connectivity index (χ4n) is 5.29. The number of aromatic hydroxyl groups is 1. The number of piperazine rings is 1. The van der Waals surface area contributed by atoms with E-state index in [1.807, 2.05) is 0 Å². The van der Waals surface area contributed by atoms with E-state index in [2.05, 4.69) is 20.3 Å². The highest BCUT2D eigenvalue weighted by Crippen LogP contribution is 2.34. The molecule has 0 unspecified atom stereocenters. The van der Waals surface area contributed by atoms with Crippen LogP contribution in [0.5, 0.6) is 5.75 Å². The van der Waals surface area contributed by atoms with Gasteiger partial charge in [-0.25, -0.2) is 19.3 Å². The Morgan fingerprint density at radius 3 is 2.43 bits per heavy atom. The molecule has 0 atom stereocenters. The van der Waals surface area contributed by atoms with Gasteiger partial charge in [-0.3, -0.25) is 14.4 Å². The second-order valence-electron chi connectivity index (χ2n) is 10.9. The number of carbonyl (C=O) groups excluding carboxylic acids is 2. The molecule has 3 aromatic heterocycles. The lowest BCUT2D eigenvalue weighted by Gasteiger charge is -2.37. The summed E-state index contributed by atoms with van der Waals surface area (Å²) in [5.41, 5.74) is -1.09. The second kappa shape index (κ2) is 13.0. The van der Waals surface area contributed by atoms with E-state index in [0.29, 0.717) is 17.6 Å². The molecular formula is C30H29ClF4N8O4. The Bertz CT molecular complexity index is 1930. The van der Waals surface area contributed by atoms with Gasteiger partial charge in [0.15, 0.2) is 28.4 Å². The van der Waals surface area contributed by atoms with Gasteiger partial charge in [0.1, 0.15) is 18.1 Å². The van der Waals surface area contributed by atoms with Crippen LogP contribution in [0.15, 0.2) is 41.5 Å². The van der Waals surface area contributed by atoms with Gasteiger partial charge in [-0.1, -0.05) is 18.5 Å². The van der Waals surface area contributed by atoms with E-state index >= 15 is 0 Å². The zero-order chi connectivity index (χ0) is 34.2. The number of aromatic nitrogens is 4. The van der Waals surface area contributed by atoms with Crippen molar-refractivity contribution < 1.29 is 32.3 Å². The molecule has 2 amide bonds. The normalized spacial score (nSPS) is 13.6. The lowest BCUT2D eigenvalue weighted by molar-refractivity contribution is -0.137. The number of nitrogens with zero attached hydrogens (tertiary/aromatic N) is 7. The molecule has 1 fully saturated rings. The van der Waals surface area contributed by atoms with Crippen molar-refractivity contribution >= 4 is 51.8 Å². The molecule has 0 bridgehead atoms. The molecule has 0 saturated carbocycles. The molecule has 1 aliphatic heterocycles. The topological polar surface area (TPSA) is 137 Å². The van der Waals surface area contributed by atoms with Gasteiger partial charge in [-0.15, -0.1) is 0 Å². The Morgan fingerprint density at radius 2 is 1.81 bits per heavy atom. The number of rotatable bonds is 7. The summed E-state index contributed by atoms with van der Waals surface area (Å²) >= 11 is 6.06. The van der Waals surface area contributed by atoms with Gasteiger partial charge < -0.3 is 29.7 Å². The zero-order valence-electron chi connectivity index (χ0n) is 25.4. The molecule has 12 nitrogen and oxygen atoms in total. The average Bonchev–Trinajstić information content (AvgIpc) is 3.03. The second-order valence-corrected chi connectivity index (χ2v) is 11.3. The number of anilines is 3. The maximum Gasteiger partial charge on any atom is 0.416 e. The van der Waals surface area contributed by atoms with Crippen LogP contribution >= 0.6 is 11.6 Å². The number of amides is 2. The number of fused-ring (bicyclic) bond motifs is 1. The lowest BCUT2D eigenvalue weighted by atomic mass is 10.1. The third-order valence-electron chi connectivity index (χ3n) is 7.65. The van der Waals surface area contributed by atoms with Crippen LogP contribution in [0, 0.1) is 5.82 Å². The van der Waals surface area contributed by atoms with E-state index in [9.17, 15) is 37.1 Å². The fourth-order valence-corrected chi connectivity index (χ4v) is 5.52. The van der Waals surface area contributed by atoms with E-state index in [4.69, 9.17) is 11.6 Å². The maximum atomic E-state index is 14.0. The van der Waals surface area contributed by atoms with Gasteiger partial charge in [-0.2, -0.15) is 13.2 Å². The largest absolute Gasteiger partial charge is 0.503 e. The first kappa shape index (κ1) is 33.4. The highest BCUT2D eigenvalue weighted by molar-refractivity contribution is 6.33. The van der Waals surface area contributed by atoms with Crippen molar-refractivity contribution in [2.75, 3.05) is 55.4 Å². The van der Waals surface area contributed by atoms with Gasteiger partial charge in [-0.05, 0) is 30.7 Å². The number of carbonyl (C=O) groups is 2. The van der Waals surface area contributed by atoms with Crippen LogP contribution in [-0.2, 0) is 23.9 Å². The molecule has 17 heteroatoms. The predicted octanol–water partition coefficient (Wildman–Crippen LogP) is 3.93. The fraction of sp³-hybridized carbons (Fsp3) is 0.333. The molecule has 1 saturated heterocycles. The third-order valence-corrected chi connectivity index (χ3v) is 7.96. The summed E-state index contributed by atoms with van der Waals surface area (Å²) in [6.07, 6.45) is -1.82. The minimum absolute atomic E-state index is 0.0175. The smallest absolute Gasteiger partial charge is 0.416 e. The monoisotopic (exact) mass is 676 g/mol. The van der Waals surface area contributed by atoms with E-state index in [1.54, 1.807) is 30.8 Å². The summed E-state index contributed by atoms with van der Waals surface area (Å²) in [5.74, 6) is -2.76. The van der Waals surface area contributed by atoms with Crippen LogP contribution < -0.4 is 20.5 Å². The summed E-state index contributed by atoms with van der Waals surface area (Å²) in [5, 5.41) is 12.2. The van der Waals surface area contributed by atoms with Crippen molar-refractivity contribution in [2.45, 2.75) is 26.1 Å². The first-order valence-electron chi connectivity index (χ1n) is 14.3. The first-order chi connectivity index (χ1) is 22.2. The Balaban J connectivity index is 1.49. The molecule has 248 valence electrons. The molecule has 1 aliphatic rings. The summed E-state index contributed by atoms with van der Waals surface area (Å²) in [7, 11) is 3.44. The van der Waals surface area contributed by atoms with Crippen molar-refractivity contribution in [3.05, 3.63) is 74.7 Å². The summed E-state index contributed by atoms with van der Waals surface area (Å²) in [6, 6.07) is 3.51. The lowest BCUT2D eigenvalue weighted by Crippen LogP contribution is -2.50. The third kappa shape index (κ3) is 6.63. The predicted molar refractivity (Wildman–Crippen MR) is 167 cm³/mol. The number of hydrogen-bond donors (Lipinski definition) is 2. The molecule has 0 radical (unpaired) electrons. The Kier molecular flexibility index (Phi) is 9.25. The van der Waals surface area contributed by atoms with Crippen LogP contribution in [0.3, 0.4) is 0 Å². The molecule has 4 heterocycles. The minimum Gasteiger partial charge on any atom is -0.503 e. The molecular weight excluding hydrogens is 648 g/mol. The van der Waals surface area contributed by atoms with Crippen LogP contribution in [0.25, 0.3) is 11.2 Å². The number of halogens is 5. The molecule has 2 N–H and O–H groups in total. The van der Waals surface area contributed by atoms with Crippen LogP contribution in [-0.4, -0.2) is 81.6 Å². The van der Waals surface area contributed by atoms with Crippen LogP contribution in [0.4, 0.5) is 34.8 Å². The summed E-state index contributed by atoms with van der Waals surface area (Å²) in [4.78, 5) is 58.0. The van der Waals surface area contributed by atoms with Crippen LogP contribution in [0.1, 0.15) is 28.7 Å². The van der Waals surface area contributed by atoms with Crippen molar-refractivity contribution in [1.82, 2.24) is 24.4 Å². The number of nitrogens with one attached hydrogen (secondary N) is 1. The number of hydrogen-bond acceptors (Lipinski definition) is 9. The molecule has 5 rings (SSSR count). The highest BCUT2D eigenvalue weighted by atomic mass is 35.5. The van der Waals surface area contributed by atoms with Crippen molar-refractivity contribution in [3.63, 3.8) is 0 Å². The SMILES string of the molecule is CCc1c(N2CCN(C(=O)c3nccc(F)c3O)CC2)c(=O)c2nc(N(C)C)cnc2n1CC(=O)Nc1ccc(C(F)(F)F)cc1Cl. The van der Waals surface area contributed by atoms with E-state index in [1.165, 1.54) is 15.7 Å². The van der Waals surface area contributed by atoms with Crippen molar-refractivity contribution in [1.29, 1.82) is 0 Å². The molecule has 0 aliphatic carbocycles. The van der Waals surface area contributed by atoms with Gasteiger partial charge in [0, 0.05) is 52.2 Å². The van der Waals surface area contributed by atoms with Crippen molar-refractivity contribution in [3.8, 4) is 5.75 Å². The zero-order valence-corrected chi connectivity index (χ0v) is 26.2. The molecule has 4 aromatic rings. The van der Waals surface area contributed by atoms with E-state index in [-0.39, 0.29) is 66.7 Å². The molecule has 1 aromatic carbocycles. The van der Waals surface area contributed by atoms with Gasteiger partial charge in [0.2, 0.25) is 11.3 Å². The average molecular weight is 677 g/mol. The standard InChI is InChI=1S/C30H29ClF4N8O4/c1-4-20-25(41-9-11-42(12-10-41)29(47)24-26(45)18(32)7-8-36-24)27(46)23-28(37-14-21(39-23)40(2)3)43(20)15-22(44)38-19-6-5-16(13-17(19)31)30(33,34)35/h5-8,13-14,45H,4,9-12,15H2,1-3H3,(H,38,44). The van der Waals surface area contributed by atoms with Crippen molar-refractivity contribution in [2.24, 2.45) is 0 Å². The van der Waals surface area contributed by atoms with E-state index in [0.717, 1.165) is 24.4 Å². The number of benzene rings is 1. The Morgan fingerprint density at radius 1 is 1.11 bits per heavy atom. The highest BCUT2D eigenvalue weighted by Gasteiger charge is 2.32. The first-order valence-corrected chi connectivity index (χ1v) is 14.7. The minimum atomic E-state index is -4.62. The van der Waals surface area contributed by atoms with E-state index < -0.39 is 46.2 Å². The summed E-state index contributed by atoms with van der Waals surface area (Å²) in [6.45, 7) is 1.95. The molecule has 0 spiro atoms. The Hall–Kier alpha value is -4.99. The maximum absolute atomic E-state index is 14.0. The van der Waals surface area contributed by atoms with Gasteiger partial charge >= 0.3 is 6.18 Å². The van der Waals surface area contributed by atoms with Gasteiger partial charge in [0.25, 0.3) is 5.91 Å². The van der Waals surface area contributed by atoms with Crippen LogP contribution in [0.2, 0.25) is 5.02 Å². The number of alkyl halides is 3. The van der Waals surface area contributed by atoms with Gasteiger partial charge in [0.05, 0.1) is 22.5 Å². The quantitative estimate of drug-likeness (QED) is 0.279. The Labute approximate surface area is 270 Å². The summed E-state index contributed by atoms with van der Waals surface area (Å²) < 4.78 is 54.7. The number of pyridine rings is 2.